The molecule has 1 aromatic carbocycles. The van der Waals surface area contributed by atoms with Crippen molar-refractivity contribution in [3.05, 3.63) is 46.3 Å². The number of hydrogen-bond acceptors (Lipinski definition) is 6. The van der Waals surface area contributed by atoms with Crippen molar-refractivity contribution in [2.75, 3.05) is 50.8 Å². The average Bonchev–Trinajstić information content (AvgIpc) is 3.14. The largest absolute Gasteiger partial charge is 0.462 e. The van der Waals surface area contributed by atoms with E-state index in [0.29, 0.717) is 37.3 Å². The lowest BCUT2D eigenvalue weighted by atomic mass is 9.96. The third-order valence-corrected chi connectivity index (χ3v) is 10.2. The second-order valence-corrected chi connectivity index (χ2v) is 12.3. The number of esters is 1. The lowest BCUT2D eigenvalue weighted by Crippen LogP contribution is -2.52. The molecule has 0 N–H and O–H groups in total. The van der Waals surface area contributed by atoms with E-state index in [1.807, 2.05) is 4.90 Å². The van der Waals surface area contributed by atoms with Crippen molar-refractivity contribution in [2.45, 2.75) is 52.4 Å². The first-order valence-electron chi connectivity index (χ1n) is 13.4. The second kappa shape index (κ2) is 11.1. The molecular weight excluding hydrogens is 504 g/mol. The summed E-state index contributed by atoms with van der Waals surface area (Å²) < 4.78 is 35.7. The first-order valence-corrected chi connectivity index (χ1v) is 14.9. The number of piperazine rings is 1. The number of sulfonamides is 1. The number of carbonyl (C=O) groups is 2. The number of hydrogen-bond donors (Lipinski definition) is 0. The Balaban J connectivity index is 1.41. The lowest BCUT2D eigenvalue weighted by molar-refractivity contribution is -0.137. The van der Waals surface area contributed by atoms with Crippen LogP contribution in [0.2, 0.25) is 0 Å². The Bertz CT molecular complexity index is 1320. The Hall–Kier alpha value is -2.85. The zero-order valence-corrected chi connectivity index (χ0v) is 24.2. The van der Waals surface area contributed by atoms with E-state index < -0.39 is 16.0 Å². The molecule has 2 saturated heterocycles. The average molecular weight is 545 g/mol. The SMILES string of the molecule is CCOC(=O)c1c(S(=O)(=O)N2CCC(C(=O)N3CCN(c4cc(C)ccc4C)CC3)CC2)c(C)n(C)c1C. The maximum Gasteiger partial charge on any atom is 0.341 e. The van der Waals surface area contributed by atoms with Crippen LogP contribution in [0.3, 0.4) is 0 Å². The van der Waals surface area contributed by atoms with Crippen LogP contribution in [-0.4, -0.2) is 79.9 Å². The molecule has 0 unspecified atom stereocenters. The predicted molar refractivity (Wildman–Crippen MR) is 147 cm³/mol. The fourth-order valence-electron chi connectivity index (χ4n) is 5.63. The van der Waals surface area contributed by atoms with Gasteiger partial charge in [-0.05, 0) is 64.7 Å². The van der Waals surface area contributed by atoms with Crippen molar-refractivity contribution in [3.63, 3.8) is 0 Å². The second-order valence-electron chi connectivity index (χ2n) is 10.4. The molecule has 0 saturated carbocycles. The molecule has 0 atom stereocenters. The monoisotopic (exact) mass is 544 g/mol. The van der Waals surface area contributed by atoms with E-state index in [1.54, 1.807) is 32.4 Å². The van der Waals surface area contributed by atoms with Gasteiger partial charge in [0.2, 0.25) is 15.9 Å². The van der Waals surface area contributed by atoms with Gasteiger partial charge in [0.25, 0.3) is 0 Å². The molecular formula is C28H40N4O5S. The Labute approximate surface area is 226 Å². The van der Waals surface area contributed by atoms with Crippen LogP contribution in [-0.2, 0) is 26.6 Å². The molecule has 0 spiro atoms. The molecule has 3 heterocycles. The van der Waals surface area contributed by atoms with Gasteiger partial charge in [0.1, 0.15) is 10.5 Å². The normalized spacial score (nSPS) is 17.6. The smallest absolute Gasteiger partial charge is 0.341 e. The van der Waals surface area contributed by atoms with E-state index >= 15 is 0 Å². The number of benzene rings is 1. The van der Waals surface area contributed by atoms with E-state index in [-0.39, 0.29) is 42.0 Å². The number of amides is 1. The minimum Gasteiger partial charge on any atom is -0.462 e. The predicted octanol–water partition coefficient (Wildman–Crippen LogP) is 3.18. The number of carbonyl (C=O) groups excluding carboxylic acids is 2. The third-order valence-electron chi connectivity index (χ3n) is 8.10. The summed E-state index contributed by atoms with van der Waals surface area (Å²) in [6.07, 6.45) is 0.934. The van der Waals surface area contributed by atoms with Crippen molar-refractivity contribution in [1.82, 2.24) is 13.8 Å². The minimum atomic E-state index is -3.93. The van der Waals surface area contributed by atoms with E-state index in [2.05, 4.69) is 36.9 Å². The highest BCUT2D eigenvalue weighted by Gasteiger charge is 2.39. The Morgan fingerprint density at radius 1 is 0.947 bits per heavy atom. The molecule has 0 radical (unpaired) electrons. The molecule has 208 valence electrons. The van der Waals surface area contributed by atoms with Crippen LogP contribution in [0.15, 0.2) is 23.1 Å². The Morgan fingerprint density at radius 3 is 2.18 bits per heavy atom. The van der Waals surface area contributed by atoms with E-state index in [9.17, 15) is 18.0 Å². The van der Waals surface area contributed by atoms with Crippen molar-refractivity contribution in [2.24, 2.45) is 13.0 Å². The van der Waals surface area contributed by atoms with Crippen LogP contribution < -0.4 is 4.90 Å². The number of aryl methyl sites for hydroxylation is 2. The van der Waals surface area contributed by atoms with Gasteiger partial charge in [-0.1, -0.05) is 12.1 Å². The van der Waals surface area contributed by atoms with Crippen molar-refractivity contribution in [1.29, 1.82) is 0 Å². The zero-order valence-electron chi connectivity index (χ0n) is 23.4. The van der Waals surface area contributed by atoms with E-state index in [1.165, 1.54) is 21.1 Å². The topological polar surface area (TPSA) is 92.2 Å². The Kier molecular flexibility index (Phi) is 8.23. The summed E-state index contributed by atoms with van der Waals surface area (Å²) in [5.41, 5.74) is 4.85. The van der Waals surface area contributed by atoms with Crippen molar-refractivity contribution >= 4 is 27.6 Å². The molecule has 1 amide bonds. The highest BCUT2D eigenvalue weighted by Crippen LogP contribution is 2.32. The van der Waals surface area contributed by atoms with Crippen LogP contribution in [0.4, 0.5) is 5.69 Å². The molecule has 38 heavy (non-hydrogen) atoms. The summed E-state index contributed by atoms with van der Waals surface area (Å²) in [6.45, 7) is 12.9. The summed E-state index contributed by atoms with van der Waals surface area (Å²) in [5, 5.41) is 0. The van der Waals surface area contributed by atoms with Crippen LogP contribution in [0.5, 0.6) is 0 Å². The number of rotatable bonds is 6. The van der Waals surface area contributed by atoms with Gasteiger partial charge in [0.15, 0.2) is 0 Å². The molecule has 0 bridgehead atoms. The molecule has 2 aliphatic heterocycles. The highest BCUT2D eigenvalue weighted by molar-refractivity contribution is 7.89. The molecule has 9 nitrogen and oxygen atoms in total. The van der Waals surface area contributed by atoms with Crippen LogP contribution >= 0.6 is 0 Å². The maximum absolute atomic E-state index is 13.7. The van der Waals surface area contributed by atoms with Crippen LogP contribution in [0.1, 0.15) is 52.6 Å². The maximum atomic E-state index is 13.7. The molecule has 2 aromatic rings. The fraction of sp³-hybridized carbons (Fsp3) is 0.571. The quantitative estimate of drug-likeness (QED) is 0.519. The van der Waals surface area contributed by atoms with E-state index in [4.69, 9.17) is 4.74 Å². The summed E-state index contributed by atoms with van der Waals surface area (Å²) in [5.74, 6) is -0.712. The summed E-state index contributed by atoms with van der Waals surface area (Å²) in [7, 11) is -2.18. The summed E-state index contributed by atoms with van der Waals surface area (Å²) >= 11 is 0. The molecule has 2 aliphatic rings. The van der Waals surface area contributed by atoms with Gasteiger partial charge >= 0.3 is 5.97 Å². The zero-order chi connectivity index (χ0) is 27.8. The van der Waals surface area contributed by atoms with Crippen LogP contribution in [0, 0.1) is 33.6 Å². The van der Waals surface area contributed by atoms with Gasteiger partial charge in [-0.15, -0.1) is 0 Å². The fourth-order valence-corrected chi connectivity index (χ4v) is 7.58. The van der Waals surface area contributed by atoms with Crippen molar-refractivity contribution in [3.8, 4) is 0 Å². The van der Waals surface area contributed by atoms with E-state index in [0.717, 1.165) is 13.1 Å². The summed E-state index contributed by atoms with van der Waals surface area (Å²) in [4.78, 5) is 30.3. The minimum absolute atomic E-state index is 0.0169. The first-order chi connectivity index (χ1) is 18.0. The van der Waals surface area contributed by atoms with Gasteiger partial charge in [0.05, 0.1) is 6.61 Å². The number of ether oxygens (including phenoxy) is 1. The molecule has 2 fully saturated rings. The van der Waals surface area contributed by atoms with Crippen molar-refractivity contribution < 1.29 is 22.7 Å². The van der Waals surface area contributed by atoms with Crippen LogP contribution in [0.25, 0.3) is 0 Å². The van der Waals surface area contributed by atoms with Gasteiger partial charge in [0, 0.05) is 69.3 Å². The number of piperidine rings is 1. The third kappa shape index (κ3) is 5.20. The van der Waals surface area contributed by atoms with Gasteiger partial charge < -0.3 is 19.1 Å². The lowest BCUT2D eigenvalue weighted by Gasteiger charge is -2.39. The number of aromatic nitrogens is 1. The van der Waals surface area contributed by atoms with Gasteiger partial charge in [-0.3, -0.25) is 4.79 Å². The molecule has 0 aliphatic carbocycles. The standard InChI is InChI=1S/C28H40N4O5S/c1-7-37-28(34)25-21(4)29(6)22(5)26(25)38(35,36)32-12-10-23(11-13-32)27(33)31-16-14-30(15-17-31)24-18-19(2)8-9-20(24)3/h8-9,18,23H,7,10-17H2,1-6H3. The first kappa shape index (κ1) is 28.2. The highest BCUT2D eigenvalue weighted by atomic mass is 32.2. The molecule has 1 aromatic heterocycles. The van der Waals surface area contributed by atoms with Gasteiger partial charge in [-0.2, -0.15) is 4.31 Å². The number of anilines is 1. The number of nitrogens with zero attached hydrogens (tertiary/aromatic N) is 4. The van der Waals surface area contributed by atoms with Gasteiger partial charge in [-0.25, -0.2) is 13.2 Å². The molecule has 10 heteroatoms. The molecule has 4 rings (SSSR count). The Morgan fingerprint density at radius 2 is 1.58 bits per heavy atom. The summed E-state index contributed by atoms with van der Waals surface area (Å²) in [6, 6.07) is 6.45.